The van der Waals surface area contributed by atoms with Crippen molar-refractivity contribution in [1.29, 1.82) is 0 Å². The highest BCUT2D eigenvalue weighted by molar-refractivity contribution is 7.89. The van der Waals surface area contributed by atoms with Crippen LogP contribution in [0.2, 0.25) is 0 Å². The molecule has 3 rings (SSSR count). The summed E-state index contributed by atoms with van der Waals surface area (Å²) in [5.74, 6) is -0.211. The molecule has 1 aliphatic rings. The molecule has 10 heteroatoms. The Balaban J connectivity index is 1.63. The summed E-state index contributed by atoms with van der Waals surface area (Å²) in [5.41, 5.74) is 0.473. The Morgan fingerprint density at radius 3 is 2.67 bits per heavy atom. The summed E-state index contributed by atoms with van der Waals surface area (Å²) in [6, 6.07) is 6.59. The van der Waals surface area contributed by atoms with Gasteiger partial charge in [-0.2, -0.15) is 0 Å². The van der Waals surface area contributed by atoms with E-state index in [1.54, 1.807) is 49.3 Å². The van der Waals surface area contributed by atoms with Gasteiger partial charge in [-0.15, -0.1) is 11.3 Å². The fraction of sp³-hybridized carbons (Fsp3) is 0.450. The molecular formula is C20H26N4O4S2. The summed E-state index contributed by atoms with van der Waals surface area (Å²) >= 11 is 1.34. The maximum atomic E-state index is 12.7. The van der Waals surface area contributed by atoms with Gasteiger partial charge in [-0.25, -0.2) is 18.1 Å². The number of nitrogens with one attached hydrogen (secondary N) is 2. The summed E-state index contributed by atoms with van der Waals surface area (Å²) in [7, 11) is -3.72. The van der Waals surface area contributed by atoms with Crippen LogP contribution in [0.3, 0.4) is 0 Å². The monoisotopic (exact) mass is 450 g/mol. The molecule has 1 aromatic carbocycles. The third-order valence-corrected chi connectivity index (χ3v) is 7.14. The van der Waals surface area contributed by atoms with Gasteiger partial charge in [-0.1, -0.05) is 18.2 Å². The zero-order valence-electron chi connectivity index (χ0n) is 17.3. The zero-order valence-corrected chi connectivity index (χ0v) is 18.9. The van der Waals surface area contributed by atoms with Gasteiger partial charge in [0.25, 0.3) is 0 Å². The standard InChI is InChI=1S/C20H26N4O4S2/c1-20(2,3)23-30(27,28)16-8-5-4-7-14(16)12-21-17(25)11-15-13-29-19(22-15)24-10-6-9-18(24)26/h4-5,7-8,13,23H,6,9-12H2,1-3H3,(H,21,25). The van der Waals surface area contributed by atoms with Crippen LogP contribution in [0.15, 0.2) is 34.5 Å². The molecule has 0 atom stereocenters. The minimum absolute atomic E-state index is 0.0574. The van der Waals surface area contributed by atoms with Crippen LogP contribution < -0.4 is 14.9 Å². The van der Waals surface area contributed by atoms with Crippen molar-refractivity contribution < 1.29 is 18.0 Å². The Kier molecular flexibility index (Phi) is 6.59. The molecule has 2 N–H and O–H groups in total. The van der Waals surface area contributed by atoms with Gasteiger partial charge in [0.2, 0.25) is 21.8 Å². The lowest BCUT2D eigenvalue weighted by Gasteiger charge is -2.21. The van der Waals surface area contributed by atoms with Crippen molar-refractivity contribution in [3.63, 3.8) is 0 Å². The third-order valence-electron chi connectivity index (χ3n) is 4.36. The highest BCUT2D eigenvalue weighted by Gasteiger charge is 2.25. The van der Waals surface area contributed by atoms with Gasteiger partial charge in [0.05, 0.1) is 17.0 Å². The molecule has 0 radical (unpaired) electrons. The summed E-state index contributed by atoms with van der Waals surface area (Å²) in [4.78, 5) is 30.4. The normalized spacial score (nSPS) is 14.9. The highest BCUT2D eigenvalue weighted by Crippen LogP contribution is 2.25. The van der Waals surface area contributed by atoms with Gasteiger partial charge in [-0.3, -0.25) is 14.5 Å². The molecule has 1 aromatic heterocycles. The van der Waals surface area contributed by atoms with Crippen LogP contribution in [0.5, 0.6) is 0 Å². The first-order valence-corrected chi connectivity index (χ1v) is 12.0. The average molecular weight is 451 g/mol. The van der Waals surface area contributed by atoms with E-state index >= 15 is 0 Å². The smallest absolute Gasteiger partial charge is 0.241 e. The summed E-state index contributed by atoms with van der Waals surface area (Å²) in [6.45, 7) is 6.06. The summed E-state index contributed by atoms with van der Waals surface area (Å²) < 4.78 is 28.0. The number of hydrogen-bond donors (Lipinski definition) is 2. The minimum atomic E-state index is -3.72. The summed E-state index contributed by atoms with van der Waals surface area (Å²) in [5, 5.41) is 5.15. The molecule has 0 aliphatic carbocycles. The van der Waals surface area contributed by atoms with Crippen molar-refractivity contribution in [3.05, 3.63) is 40.9 Å². The molecule has 8 nitrogen and oxygen atoms in total. The number of carbonyl (C=O) groups is 2. The van der Waals surface area contributed by atoms with Crippen LogP contribution in [-0.2, 0) is 32.6 Å². The van der Waals surface area contributed by atoms with E-state index in [9.17, 15) is 18.0 Å². The predicted molar refractivity (Wildman–Crippen MR) is 116 cm³/mol. The van der Waals surface area contributed by atoms with Crippen LogP contribution in [0.25, 0.3) is 0 Å². The lowest BCUT2D eigenvalue weighted by molar-refractivity contribution is -0.120. The number of rotatable bonds is 7. The second-order valence-corrected chi connectivity index (χ2v) is 10.7. The number of sulfonamides is 1. The Morgan fingerprint density at radius 2 is 2.00 bits per heavy atom. The second-order valence-electron chi connectivity index (χ2n) is 8.19. The van der Waals surface area contributed by atoms with Crippen molar-refractivity contribution in [1.82, 2.24) is 15.0 Å². The first-order valence-electron chi connectivity index (χ1n) is 9.68. The van der Waals surface area contributed by atoms with Gasteiger partial charge in [-0.05, 0) is 38.8 Å². The van der Waals surface area contributed by atoms with E-state index < -0.39 is 15.6 Å². The molecule has 0 bridgehead atoms. The topological polar surface area (TPSA) is 108 Å². The first kappa shape index (κ1) is 22.4. The number of hydrogen-bond acceptors (Lipinski definition) is 6. The van der Waals surface area contributed by atoms with E-state index in [1.165, 1.54) is 17.4 Å². The predicted octanol–water partition coefficient (Wildman–Crippen LogP) is 2.21. The van der Waals surface area contributed by atoms with Gasteiger partial charge in [0.15, 0.2) is 5.13 Å². The first-order chi connectivity index (χ1) is 14.0. The second kappa shape index (κ2) is 8.83. The lowest BCUT2D eigenvalue weighted by Crippen LogP contribution is -2.41. The maximum absolute atomic E-state index is 12.7. The lowest BCUT2D eigenvalue weighted by atomic mass is 10.1. The zero-order chi connectivity index (χ0) is 21.9. The van der Waals surface area contributed by atoms with Gasteiger partial charge in [0, 0.05) is 30.4 Å². The molecule has 0 unspecified atom stereocenters. The van der Waals surface area contributed by atoms with Crippen molar-refractivity contribution in [2.45, 2.75) is 57.0 Å². The molecule has 162 valence electrons. The number of thiazole rings is 1. The summed E-state index contributed by atoms with van der Waals surface area (Å²) in [6.07, 6.45) is 1.41. The van der Waals surface area contributed by atoms with Crippen molar-refractivity contribution in [2.75, 3.05) is 11.4 Å². The SMILES string of the molecule is CC(C)(C)NS(=O)(=O)c1ccccc1CNC(=O)Cc1csc(N2CCCC2=O)n1. The largest absolute Gasteiger partial charge is 0.352 e. The van der Waals surface area contributed by atoms with Crippen LogP contribution in [0.1, 0.15) is 44.9 Å². The van der Waals surface area contributed by atoms with Crippen LogP contribution in [0, 0.1) is 0 Å². The van der Waals surface area contributed by atoms with Crippen LogP contribution >= 0.6 is 11.3 Å². The fourth-order valence-corrected chi connectivity index (χ4v) is 5.67. The van der Waals surface area contributed by atoms with Crippen LogP contribution in [0.4, 0.5) is 5.13 Å². The van der Waals surface area contributed by atoms with Crippen molar-refractivity contribution in [2.24, 2.45) is 0 Å². The number of amides is 2. The van der Waals surface area contributed by atoms with E-state index in [2.05, 4.69) is 15.0 Å². The molecular weight excluding hydrogens is 424 g/mol. The van der Waals surface area contributed by atoms with E-state index in [1.807, 2.05) is 0 Å². The quantitative estimate of drug-likeness (QED) is 0.672. The molecule has 1 aliphatic heterocycles. The fourth-order valence-electron chi connectivity index (χ4n) is 3.14. The highest BCUT2D eigenvalue weighted by atomic mass is 32.2. The number of anilines is 1. The maximum Gasteiger partial charge on any atom is 0.241 e. The van der Waals surface area contributed by atoms with E-state index in [0.29, 0.717) is 29.4 Å². The molecule has 1 fully saturated rings. The number of carbonyl (C=O) groups excluding carboxylic acids is 2. The number of nitrogens with zero attached hydrogens (tertiary/aromatic N) is 2. The third kappa shape index (κ3) is 5.65. The van der Waals surface area contributed by atoms with Gasteiger partial charge >= 0.3 is 0 Å². The Labute approximate surface area is 180 Å². The van der Waals surface area contributed by atoms with Crippen molar-refractivity contribution in [3.8, 4) is 0 Å². The molecule has 0 saturated carbocycles. The Morgan fingerprint density at radius 1 is 1.27 bits per heavy atom. The number of benzene rings is 1. The minimum Gasteiger partial charge on any atom is -0.352 e. The molecule has 1 saturated heterocycles. The van der Waals surface area contributed by atoms with E-state index in [4.69, 9.17) is 0 Å². The van der Waals surface area contributed by atoms with Crippen molar-refractivity contribution >= 4 is 38.3 Å². The van der Waals surface area contributed by atoms with E-state index in [-0.39, 0.29) is 29.7 Å². The molecule has 30 heavy (non-hydrogen) atoms. The molecule has 2 aromatic rings. The number of aromatic nitrogens is 1. The molecule has 2 heterocycles. The van der Waals surface area contributed by atoms with Crippen LogP contribution in [-0.4, -0.2) is 37.3 Å². The molecule has 2 amide bonds. The van der Waals surface area contributed by atoms with Gasteiger partial charge < -0.3 is 5.32 Å². The Hall–Kier alpha value is -2.30. The average Bonchev–Trinajstić information content (AvgIpc) is 3.27. The van der Waals surface area contributed by atoms with E-state index in [0.717, 1.165) is 6.42 Å². The Bertz CT molecular complexity index is 1040. The van der Waals surface area contributed by atoms with Gasteiger partial charge in [0.1, 0.15) is 0 Å². The molecule has 0 spiro atoms.